The van der Waals surface area contributed by atoms with Crippen molar-refractivity contribution in [3.05, 3.63) is 0 Å². The molecule has 1 fully saturated rings. The first kappa shape index (κ1) is 9.36. The predicted molar refractivity (Wildman–Crippen MR) is 51.2 cm³/mol. The van der Waals surface area contributed by atoms with Crippen LogP contribution in [0.15, 0.2) is 0 Å². The van der Waals surface area contributed by atoms with Gasteiger partial charge in [-0.1, -0.05) is 0 Å². The van der Waals surface area contributed by atoms with Crippen LogP contribution in [0.25, 0.3) is 0 Å². The van der Waals surface area contributed by atoms with Crippen molar-refractivity contribution < 1.29 is 0 Å². The number of nitrogens with zero attached hydrogens (tertiary/aromatic N) is 2. The highest BCUT2D eigenvalue weighted by Crippen LogP contribution is 2.18. The molecule has 1 aliphatic heterocycles. The summed E-state index contributed by atoms with van der Waals surface area (Å²) in [5.41, 5.74) is 0. The van der Waals surface area contributed by atoms with E-state index in [9.17, 15) is 0 Å². The SMILES string of the molecule is CSCC1C[N]CC1N(C)C. The Morgan fingerprint density at radius 1 is 1.45 bits per heavy atom. The van der Waals surface area contributed by atoms with Crippen molar-refractivity contribution in [2.75, 3.05) is 39.2 Å². The van der Waals surface area contributed by atoms with Crippen LogP contribution in [-0.2, 0) is 0 Å². The van der Waals surface area contributed by atoms with E-state index >= 15 is 0 Å². The Hall–Kier alpha value is 0.270. The minimum absolute atomic E-state index is 0.697. The van der Waals surface area contributed by atoms with Crippen molar-refractivity contribution in [1.29, 1.82) is 0 Å². The lowest BCUT2D eigenvalue weighted by atomic mass is 10.1. The number of likely N-dealkylation sites (N-methyl/N-ethyl adjacent to an activating group) is 1. The summed E-state index contributed by atoms with van der Waals surface area (Å²) in [6, 6.07) is 0.697. The largest absolute Gasteiger partial charge is 0.305 e. The summed E-state index contributed by atoms with van der Waals surface area (Å²) in [7, 11) is 4.30. The van der Waals surface area contributed by atoms with E-state index in [1.807, 2.05) is 11.8 Å². The molecule has 0 amide bonds. The molecular weight excluding hydrogens is 156 g/mol. The van der Waals surface area contributed by atoms with Crippen LogP contribution in [0, 0.1) is 5.92 Å². The second kappa shape index (κ2) is 4.33. The standard InChI is InChI=1S/C8H17N2S/c1-10(2)8-5-9-4-7(8)6-11-3/h7-8H,4-6H2,1-3H3. The Labute approximate surface area is 73.7 Å². The van der Waals surface area contributed by atoms with Crippen LogP contribution >= 0.6 is 11.8 Å². The number of hydrogen-bond donors (Lipinski definition) is 0. The summed E-state index contributed by atoms with van der Waals surface area (Å²) in [4.78, 5) is 2.30. The van der Waals surface area contributed by atoms with Crippen LogP contribution in [0.3, 0.4) is 0 Å². The zero-order chi connectivity index (χ0) is 8.27. The van der Waals surface area contributed by atoms with E-state index in [1.54, 1.807) is 0 Å². The average Bonchev–Trinajstić information content (AvgIpc) is 2.36. The smallest absolute Gasteiger partial charge is 0.0293 e. The van der Waals surface area contributed by atoms with Crippen molar-refractivity contribution in [2.45, 2.75) is 6.04 Å². The minimum Gasteiger partial charge on any atom is -0.305 e. The fourth-order valence-electron chi connectivity index (χ4n) is 1.61. The zero-order valence-electron chi connectivity index (χ0n) is 7.58. The van der Waals surface area contributed by atoms with Gasteiger partial charge in [-0.3, -0.25) is 0 Å². The van der Waals surface area contributed by atoms with Gasteiger partial charge in [0.1, 0.15) is 0 Å². The van der Waals surface area contributed by atoms with Gasteiger partial charge >= 0.3 is 0 Å². The molecule has 65 valence electrons. The normalized spacial score (nSPS) is 31.6. The number of thioether (sulfide) groups is 1. The number of hydrogen-bond acceptors (Lipinski definition) is 2. The van der Waals surface area contributed by atoms with Crippen molar-refractivity contribution in [1.82, 2.24) is 10.2 Å². The van der Waals surface area contributed by atoms with Crippen LogP contribution in [0.4, 0.5) is 0 Å². The van der Waals surface area contributed by atoms with Crippen LogP contribution in [0.1, 0.15) is 0 Å². The monoisotopic (exact) mass is 173 g/mol. The molecule has 0 aromatic heterocycles. The molecule has 0 aliphatic carbocycles. The first-order valence-electron chi connectivity index (χ1n) is 4.04. The Morgan fingerprint density at radius 3 is 2.73 bits per heavy atom. The number of rotatable bonds is 3. The van der Waals surface area contributed by atoms with Crippen molar-refractivity contribution >= 4 is 11.8 Å². The minimum atomic E-state index is 0.697. The summed E-state index contributed by atoms with van der Waals surface area (Å²) in [6.45, 7) is 2.11. The van der Waals surface area contributed by atoms with Gasteiger partial charge in [-0.25, -0.2) is 5.32 Å². The molecule has 0 spiro atoms. The maximum Gasteiger partial charge on any atom is 0.0293 e. The third-order valence-electron chi connectivity index (χ3n) is 2.27. The van der Waals surface area contributed by atoms with Gasteiger partial charge in [-0.15, -0.1) is 0 Å². The fraction of sp³-hybridized carbons (Fsp3) is 1.00. The first-order valence-corrected chi connectivity index (χ1v) is 5.43. The second-order valence-corrected chi connectivity index (χ2v) is 4.25. The molecule has 1 aliphatic rings. The Kier molecular flexibility index (Phi) is 3.69. The summed E-state index contributed by atoms with van der Waals surface area (Å²) in [5, 5.41) is 4.43. The highest BCUT2D eigenvalue weighted by Gasteiger charge is 2.28. The Bertz CT molecular complexity index is 117. The lowest BCUT2D eigenvalue weighted by Crippen LogP contribution is -2.35. The van der Waals surface area contributed by atoms with Crippen LogP contribution in [-0.4, -0.2) is 50.1 Å². The molecule has 1 heterocycles. The quantitative estimate of drug-likeness (QED) is 0.619. The second-order valence-electron chi connectivity index (χ2n) is 3.34. The summed E-state index contributed by atoms with van der Waals surface area (Å²) >= 11 is 1.93. The summed E-state index contributed by atoms with van der Waals surface area (Å²) in [5.74, 6) is 2.05. The molecule has 2 atom stereocenters. The van der Waals surface area contributed by atoms with Gasteiger partial charge in [0.15, 0.2) is 0 Å². The van der Waals surface area contributed by atoms with Gasteiger partial charge in [0, 0.05) is 19.1 Å². The van der Waals surface area contributed by atoms with E-state index < -0.39 is 0 Å². The maximum absolute atomic E-state index is 4.43. The van der Waals surface area contributed by atoms with E-state index in [0.29, 0.717) is 6.04 Å². The van der Waals surface area contributed by atoms with Crippen LogP contribution in [0.5, 0.6) is 0 Å². The highest BCUT2D eigenvalue weighted by molar-refractivity contribution is 7.98. The fourth-order valence-corrected chi connectivity index (χ4v) is 2.36. The molecule has 3 heteroatoms. The van der Waals surface area contributed by atoms with Gasteiger partial charge in [-0.2, -0.15) is 11.8 Å². The lowest BCUT2D eigenvalue weighted by Gasteiger charge is -2.24. The van der Waals surface area contributed by atoms with Crippen molar-refractivity contribution in [3.63, 3.8) is 0 Å². The van der Waals surface area contributed by atoms with Crippen molar-refractivity contribution in [2.24, 2.45) is 5.92 Å². The van der Waals surface area contributed by atoms with E-state index in [-0.39, 0.29) is 0 Å². The Balaban J connectivity index is 2.37. The highest BCUT2D eigenvalue weighted by atomic mass is 32.2. The zero-order valence-corrected chi connectivity index (χ0v) is 8.40. The van der Waals surface area contributed by atoms with Crippen LogP contribution < -0.4 is 5.32 Å². The molecule has 0 N–H and O–H groups in total. The molecule has 0 saturated carbocycles. The molecule has 1 saturated heterocycles. The molecule has 1 rings (SSSR count). The van der Waals surface area contributed by atoms with Crippen LogP contribution in [0.2, 0.25) is 0 Å². The van der Waals surface area contributed by atoms with E-state index in [0.717, 1.165) is 19.0 Å². The van der Waals surface area contributed by atoms with Gasteiger partial charge in [0.25, 0.3) is 0 Å². The summed E-state index contributed by atoms with van der Waals surface area (Å²) < 4.78 is 0. The van der Waals surface area contributed by atoms with Gasteiger partial charge in [0.05, 0.1) is 0 Å². The van der Waals surface area contributed by atoms with Gasteiger partial charge < -0.3 is 4.90 Å². The predicted octanol–water partition coefficient (Wildman–Crippen LogP) is 0.514. The molecular formula is C8H17N2S. The van der Waals surface area contributed by atoms with Gasteiger partial charge in [0.2, 0.25) is 0 Å². The Morgan fingerprint density at radius 2 is 2.18 bits per heavy atom. The molecule has 0 aromatic carbocycles. The summed E-state index contributed by atoms with van der Waals surface area (Å²) in [6.07, 6.45) is 2.17. The third-order valence-corrected chi connectivity index (χ3v) is 3.03. The third kappa shape index (κ3) is 2.36. The first-order chi connectivity index (χ1) is 5.25. The molecule has 2 nitrogen and oxygen atoms in total. The molecule has 1 radical (unpaired) electrons. The maximum atomic E-state index is 4.43. The van der Waals surface area contributed by atoms with Crippen molar-refractivity contribution in [3.8, 4) is 0 Å². The topological polar surface area (TPSA) is 17.3 Å². The van der Waals surface area contributed by atoms with E-state index in [2.05, 4.69) is 30.6 Å². The van der Waals surface area contributed by atoms with E-state index in [4.69, 9.17) is 0 Å². The molecule has 2 unspecified atom stereocenters. The lowest BCUT2D eigenvalue weighted by molar-refractivity contribution is 0.268. The molecule has 0 bridgehead atoms. The van der Waals surface area contributed by atoms with E-state index in [1.165, 1.54) is 5.75 Å². The molecule has 0 aromatic rings. The average molecular weight is 173 g/mol. The van der Waals surface area contributed by atoms with Gasteiger partial charge in [-0.05, 0) is 32.0 Å². The molecule has 11 heavy (non-hydrogen) atoms.